The number of nitrogen functional groups attached to an aromatic ring is 1. The first-order valence-corrected chi connectivity index (χ1v) is 6.88. The predicted octanol–water partition coefficient (Wildman–Crippen LogP) is 1.80. The van der Waals surface area contributed by atoms with Crippen molar-refractivity contribution in [3.8, 4) is 5.75 Å². The van der Waals surface area contributed by atoms with Crippen LogP contribution in [0.1, 0.15) is 18.3 Å². The van der Waals surface area contributed by atoms with E-state index in [0.717, 1.165) is 0 Å². The number of phenols is 1. The minimum Gasteiger partial charge on any atom is -0.506 e. The van der Waals surface area contributed by atoms with Crippen molar-refractivity contribution < 1.29 is 10.0 Å². The number of hydrazone groups is 1. The first-order chi connectivity index (χ1) is 10.4. The van der Waals surface area contributed by atoms with Crippen LogP contribution >= 0.6 is 28.3 Å². The van der Waals surface area contributed by atoms with Gasteiger partial charge in [0.1, 0.15) is 5.75 Å². The molecule has 0 saturated heterocycles. The van der Waals surface area contributed by atoms with Crippen LogP contribution in [0.2, 0.25) is 0 Å². The number of non-ortho nitro benzene ring substituents is 1. The zero-order valence-electron chi connectivity index (χ0n) is 11.8. The second-order valence-electron chi connectivity index (χ2n) is 4.16. The van der Waals surface area contributed by atoms with Gasteiger partial charge < -0.3 is 10.9 Å². The summed E-state index contributed by atoms with van der Waals surface area (Å²) in [5, 5.41) is 32.1. The van der Waals surface area contributed by atoms with Crippen molar-refractivity contribution in [1.82, 2.24) is 14.9 Å². The molecule has 0 unspecified atom stereocenters. The van der Waals surface area contributed by atoms with Gasteiger partial charge in [-0.25, -0.2) is 10.1 Å². The molecule has 0 radical (unpaired) electrons. The highest BCUT2D eigenvalue weighted by molar-refractivity contribution is 9.10. The molecule has 0 atom stereocenters. The van der Waals surface area contributed by atoms with Crippen LogP contribution in [0.15, 0.2) is 21.7 Å². The Morgan fingerprint density at radius 3 is 2.83 bits per heavy atom. The zero-order valence-corrected chi connectivity index (χ0v) is 14.2. The molecule has 12 heteroatoms. The van der Waals surface area contributed by atoms with E-state index in [2.05, 4.69) is 36.7 Å². The van der Waals surface area contributed by atoms with E-state index in [-0.39, 0.29) is 39.8 Å². The number of nitro groups is 1. The summed E-state index contributed by atoms with van der Waals surface area (Å²) in [6, 6.07) is 2.39. The van der Waals surface area contributed by atoms with Gasteiger partial charge in [-0.2, -0.15) is 5.10 Å². The van der Waals surface area contributed by atoms with Crippen LogP contribution in [0, 0.1) is 10.1 Å². The summed E-state index contributed by atoms with van der Waals surface area (Å²) in [6.07, 6.45) is 1.82. The van der Waals surface area contributed by atoms with E-state index in [0.29, 0.717) is 12.2 Å². The summed E-state index contributed by atoms with van der Waals surface area (Å²) in [4.78, 5) is 10.2. The van der Waals surface area contributed by atoms with Crippen LogP contribution in [0.5, 0.6) is 5.75 Å². The highest BCUT2D eigenvalue weighted by Crippen LogP contribution is 2.31. The number of aryl methyl sites for hydroxylation is 1. The van der Waals surface area contributed by atoms with Crippen LogP contribution in [0.4, 0.5) is 11.6 Å². The third-order valence-corrected chi connectivity index (χ3v) is 3.34. The number of nitro benzene ring substituents is 1. The van der Waals surface area contributed by atoms with Gasteiger partial charge in [0.15, 0.2) is 5.82 Å². The normalized spacial score (nSPS) is 10.5. The van der Waals surface area contributed by atoms with Gasteiger partial charge in [-0.05, 0) is 15.9 Å². The molecule has 0 spiro atoms. The SMILES string of the molecule is CCc1nnc(N/N=C\c2cc([N+](=O)[O-])cc(Br)c2O)n1N.Cl. The van der Waals surface area contributed by atoms with Crippen LogP contribution in [0.3, 0.4) is 0 Å². The van der Waals surface area contributed by atoms with Crippen molar-refractivity contribution in [3.63, 3.8) is 0 Å². The molecule has 2 aromatic rings. The predicted molar refractivity (Wildman–Crippen MR) is 90.5 cm³/mol. The van der Waals surface area contributed by atoms with Gasteiger partial charge in [0, 0.05) is 24.1 Å². The topological polar surface area (TPSA) is 144 Å². The fourth-order valence-electron chi connectivity index (χ4n) is 1.61. The summed E-state index contributed by atoms with van der Waals surface area (Å²) in [5.74, 6) is 6.33. The summed E-state index contributed by atoms with van der Waals surface area (Å²) in [7, 11) is 0. The molecule has 1 heterocycles. The number of aromatic nitrogens is 3. The van der Waals surface area contributed by atoms with E-state index in [4.69, 9.17) is 5.84 Å². The zero-order chi connectivity index (χ0) is 16.3. The minimum absolute atomic E-state index is 0. The van der Waals surface area contributed by atoms with Gasteiger partial charge in [-0.1, -0.05) is 6.92 Å². The molecule has 2 rings (SSSR count). The third-order valence-electron chi connectivity index (χ3n) is 2.74. The number of nitrogens with one attached hydrogen (secondary N) is 1. The van der Waals surface area contributed by atoms with Gasteiger partial charge in [0.25, 0.3) is 11.6 Å². The van der Waals surface area contributed by atoms with Gasteiger partial charge >= 0.3 is 0 Å². The molecule has 0 aliphatic rings. The molecule has 0 fully saturated rings. The molecular weight excluding hydrogens is 394 g/mol. The van der Waals surface area contributed by atoms with Crippen molar-refractivity contribution in [1.29, 1.82) is 0 Å². The molecule has 1 aromatic heterocycles. The first kappa shape index (κ1) is 18.6. The summed E-state index contributed by atoms with van der Waals surface area (Å²) >= 11 is 3.04. The Bertz CT molecular complexity index is 749. The molecule has 0 amide bonds. The number of nitrogens with two attached hydrogens (primary N) is 1. The maximum Gasteiger partial charge on any atom is 0.271 e. The molecule has 124 valence electrons. The standard InChI is InChI=1S/C11H12BrN7O3.ClH/c1-2-9-15-17-11(18(9)13)16-14-5-6-3-7(19(21)22)4-8(12)10(6)20;/h3-5,20H,2,13H2,1H3,(H,16,17);1H/b14-5-;. The van der Waals surface area contributed by atoms with E-state index < -0.39 is 4.92 Å². The molecule has 4 N–H and O–H groups in total. The van der Waals surface area contributed by atoms with Gasteiger partial charge in [0.05, 0.1) is 15.6 Å². The number of aromatic hydroxyl groups is 1. The Kier molecular flexibility index (Phi) is 6.28. The number of hydrogen-bond acceptors (Lipinski definition) is 8. The fraction of sp³-hybridized carbons (Fsp3) is 0.182. The quantitative estimate of drug-likeness (QED) is 0.297. The molecule has 0 aliphatic carbocycles. The highest BCUT2D eigenvalue weighted by Gasteiger charge is 2.13. The first-order valence-electron chi connectivity index (χ1n) is 6.09. The lowest BCUT2D eigenvalue weighted by atomic mass is 10.2. The molecule has 10 nitrogen and oxygen atoms in total. The van der Waals surface area contributed by atoms with Crippen LogP contribution < -0.4 is 11.3 Å². The Hall–Kier alpha value is -2.40. The number of hydrogen-bond donors (Lipinski definition) is 3. The lowest BCUT2D eigenvalue weighted by Crippen LogP contribution is -2.14. The van der Waals surface area contributed by atoms with Crippen molar-refractivity contribution in [2.45, 2.75) is 13.3 Å². The van der Waals surface area contributed by atoms with Crippen molar-refractivity contribution in [2.24, 2.45) is 5.10 Å². The lowest BCUT2D eigenvalue weighted by Gasteiger charge is -2.03. The molecule has 0 bridgehead atoms. The summed E-state index contributed by atoms with van der Waals surface area (Å²) in [5.41, 5.74) is 2.53. The fourth-order valence-corrected chi connectivity index (χ4v) is 2.07. The average molecular weight is 407 g/mol. The maximum atomic E-state index is 10.8. The number of nitrogens with zero attached hydrogens (tertiary/aromatic N) is 5. The smallest absolute Gasteiger partial charge is 0.271 e. The van der Waals surface area contributed by atoms with E-state index in [1.165, 1.54) is 23.0 Å². The van der Waals surface area contributed by atoms with E-state index in [9.17, 15) is 15.2 Å². The number of phenolic OH excluding ortho intramolecular Hbond substituents is 1. The van der Waals surface area contributed by atoms with E-state index in [1.54, 1.807) is 0 Å². The monoisotopic (exact) mass is 405 g/mol. The highest BCUT2D eigenvalue weighted by atomic mass is 79.9. The van der Waals surface area contributed by atoms with Crippen molar-refractivity contribution >= 4 is 46.2 Å². The molecular formula is C11H13BrClN7O3. The van der Waals surface area contributed by atoms with Crippen LogP contribution in [0.25, 0.3) is 0 Å². The third kappa shape index (κ3) is 4.07. The Morgan fingerprint density at radius 2 is 2.26 bits per heavy atom. The molecule has 0 saturated carbocycles. The van der Waals surface area contributed by atoms with Crippen LogP contribution in [-0.4, -0.2) is 31.1 Å². The average Bonchev–Trinajstić information content (AvgIpc) is 2.83. The molecule has 1 aromatic carbocycles. The number of benzene rings is 1. The van der Waals surface area contributed by atoms with Crippen LogP contribution in [-0.2, 0) is 6.42 Å². The Labute approximate surface area is 145 Å². The molecule has 23 heavy (non-hydrogen) atoms. The Balaban J connectivity index is 0.00000264. The van der Waals surface area contributed by atoms with Gasteiger partial charge in [0.2, 0.25) is 0 Å². The van der Waals surface area contributed by atoms with Gasteiger partial charge in [-0.3, -0.25) is 10.1 Å². The largest absolute Gasteiger partial charge is 0.506 e. The van der Waals surface area contributed by atoms with Crippen molar-refractivity contribution in [2.75, 3.05) is 11.3 Å². The summed E-state index contributed by atoms with van der Waals surface area (Å²) < 4.78 is 1.43. The number of halogens is 2. The Morgan fingerprint density at radius 1 is 1.57 bits per heavy atom. The second kappa shape index (κ2) is 7.74. The van der Waals surface area contributed by atoms with Gasteiger partial charge in [-0.15, -0.1) is 22.6 Å². The van der Waals surface area contributed by atoms with E-state index in [1.807, 2.05) is 6.92 Å². The van der Waals surface area contributed by atoms with E-state index >= 15 is 0 Å². The van der Waals surface area contributed by atoms with Crippen molar-refractivity contribution in [3.05, 3.63) is 38.1 Å². The summed E-state index contributed by atoms with van der Waals surface area (Å²) in [6.45, 7) is 1.87. The minimum atomic E-state index is -0.570. The lowest BCUT2D eigenvalue weighted by molar-refractivity contribution is -0.385. The maximum absolute atomic E-state index is 10.8. The molecule has 0 aliphatic heterocycles. The number of anilines is 1. The second-order valence-corrected chi connectivity index (χ2v) is 5.01. The number of rotatable bonds is 5.